The highest BCUT2D eigenvalue weighted by atomic mass is 16.3. The van der Waals surface area contributed by atoms with Crippen LogP contribution >= 0.6 is 0 Å². The van der Waals surface area contributed by atoms with Crippen LogP contribution in [-0.2, 0) is 11.4 Å². The van der Waals surface area contributed by atoms with Gasteiger partial charge in [-0.2, -0.15) is 0 Å². The van der Waals surface area contributed by atoms with Crippen LogP contribution in [0.5, 0.6) is 0 Å². The van der Waals surface area contributed by atoms with Gasteiger partial charge in [-0.05, 0) is 37.0 Å². The van der Waals surface area contributed by atoms with Gasteiger partial charge < -0.3 is 15.3 Å². The molecule has 0 spiro atoms. The van der Waals surface area contributed by atoms with E-state index in [1.54, 1.807) is 0 Å². The molecule has 0 aromatic heterocycles. The normalized spacial score (nSPS) is 14.4. The molecule has 1 amide bonds. The van der Waals surface area contributed by atoms with Crippen LogP contribution in [0.1, 0.15) is 24.0 Å². The molecule has 1 aromatic carbocycles. The predicted octanol–water partition coefficient (Wildman–Crippen LogP) is 1.20. The Bertz CT molecular complexity index is 441. The van der Waals surface area contributed by atoms with E-state index < -0.39 is 0 Å². The molecule has 1 aromatic rings. The number of rotatable bonds is 5. The van der Waals surface area contributed by atoms with Gasteiger partial charge in [-0.25, -0.2) is 0 Å². The maximum atomic E-state index is 11.7. The van der Waals surface area contributed by atoms with Crippen LogP contribution in [0.2, 0.25) is 0 Å². The number of nitrogens with zero attached hydrogens (tertiary/aromatic N) is 1. The number of anilines is 1. The zero-order valence-electron chi connectivity index (χ0n) is 10.9. The van der Waals surface area contributed by atoms with Crippen molar-refractivity contribution in [2.75, 3.05) is 18.5 Å². The first kappa shape index (κ1) is 12.9. The maximum Gasteiger partial charge on any atom is 0.239 e. The fourth-order valence-electron chi connectivity index (χ4n) is 2.05. The number of hydrogen-bond donors (Lipinski definition) is 2. The van der Waals surface area contributed by atoms with Crippen molar-refractivity contribution in [3.8, 4) is 0 Å². The Morgan fingerprint density at radius 2 is 2.22 bits per heavy atom. The highest BCUT2D eigenvalue weighted by molar-refractivity contribution is 5.82. The fourth-order valence-corrected chi connectivity index (χ4v) is 2.05. The number of carbonyl (C=O) groups excluding carboxylic acids is 1. The van der Waals surface area contributed by atoms with Crippen LogP contribution in [0.25, 0.3) is 0 Å². The Balaban J connectivity index is 1.98. The summed E-state index contributed by atoms with van der Waals surface area (Å²) in [6, 6.07) is 6.19. The summed E-state index contributed by atoms with van der Waals surface area (Å²) in [6.45, 7) is 2.41. The summed E-state index contributed by atoms with van der Waals surface area (Å²) >= 11 is 0. The van der Waals surface area contributed by atoms with Crippen molar-refractivity contribution in [3.63, 3.8) is 0 Å². The summed E-state index contributed by atoms with van der Waals surface area (Å²) in [5.74, 6) is 0.0747. The predicted molar refractivity (Wildman–Crippen MR) is 71.5 cm³/mol. The van der Waals surface area contributed by atoms with Gasteiger partial charge in [0, 0.05) is 18.8 Å². The second kappa shape index (κ2) is 5.40. The van der Waals surface area contributed by atoms with E-state index in [0.29, 0.717) is 12.6 Å². The monoisotopic (exact) mass is 248 g/mol. The molecule has 1 saturated carbocycles. The number of aryl methyl sites for hydroxylation is 1. The van der Waals surface area contributed by atoms with Crippen molar-refractivity contribution in [2.45, 2.75) is 32.4 Å². The molecule has 0 aliphatic heterocycles. The Hall–Kier alpha value is -1.55. The van der Waals surface area contributed by atoms with E-state index in [4.69, 9.17) is 5.11 Å². The highest BCUT2D eigenvalue weighted by Crippen LogP contribution is 2.21. The number of aliphatic hydroxyl groups excluding tert-OH is 1. The zero-order chi connectivity index (χ0) is 13.1. The molecule has 4 nitrogen and oxygen atoms in total. The van der Waals surface area contributed by atoms with Gasteiger partial charge in [-0.15, -0.1) is 0 Å². The average Bonchev–Trinajstić information content (AvgIpc) is 3.12. The van der Waals surface area contributed by atoms with Gasteiger partial charge in [0.25, 0.3) is 0 Å². The van der Waals surface area contributed by atoms with E-state index in [0.717, 1.165) is 29.7 Å². The molecule has 0 radical (unpaired) electrons. The van der Waals surface area contributed by atoms with Gasteiger partial charge in [-0.3, -0.25) is 4.79 Å². The molecule has 18 heavy (non-hydrogen) atoms. The average molecular weight is 248 g/mol. The van der Waals surface area contributed by atoms with E-state index >= 15 is 0 Å². The van der Waals surface area contributed by atoms with Gasteiger partial charge in [0.1, 0.15) is 0 Å². The number of carbonyl (C=O) groups is 1. The standard InChI is InChI=1S/C14H20N2O2/c1-10-7-11(9-17)3-6-13(10)16(2)8-14(18)15-12-4-5-12/h3,6-7,12,17H,4-5,8-9H2,1-2H3,(H,15,18). The Kier molecular flexibility index (Phi) is 3.87. The molecular weight excluding hydrogens is 228 g/mol. The second-order valence-electron chi connectivity index (χ2n) is 4.98. The molecule has 2 N–H and O–H groups in total. The first-order valence-corrected chi connectivity index (χ1v) is 6.31. The van der Waals surface area contributed by atoms with E-state index in [1.165, 1.54) is 0 Å². The summed E-state index contributed by atoms with van der Waals surface area (Å²) in [7, 11) is 1.91. The molecule has 0 bridgehead atoms. The van der Waals surface area contributed by atoms with Crippen molar-refractivity contribution < 1.29 is 9.90 Å². The molecule has 4 heteroatoms. The van der Waals surface area contributed by atoms with Crippen LogP contribution in [-0.4, -0.2) is 30.6 Å². The maximum absolute atomic E-state index is 11.7. The minimum atomic E-state index is 0.0486. The minimum Gasteiger partial charge on any atom is -0.392 e. The number of hydrogen-bond acceptors (Lipinski definition) is 3. The van der Waals surface area contributed by atoms with E-state index in [-0.39, 0.29) is 12.5 Å². The highest BCUT2D eigenvalue weighted by Gasteiger charge is 2.23. The second-order valence-corrected chi connectivity index (χ2v) is 4.98. The Morgan fingerprint density at radius 3 is 2.78 bits per heavy atom. The number of nitrogens with one attached hydrogen (secondary N) is 1. The Morgan fingerprint density at radius 1 is 1.50 bits per heavy atom. The van der Waals surface area contributed by atoms with Crippen LogP contribution in [0, 0.1) is 6.92 Å². The SMILES string of the molecule is Cc1cc(CO)ccc1N(C)CC(=O)NC1CC1. The quantitative estimate of drug-likeness (QED) is 0.823. The van der Waals surface area contributed by atoms with E-state index in [1.807, 2.05) is 37.1 Å². The first-order chi connectivity index (χ1) is 8.60. The van der Waals surface area contributed by atoms with Gasteiger partial charge in [-0.1, -0.05) is 12.1 Å². The lowest BCUT2D eigenvalue weighted by Gasteiger charge is -2.21. The van der Waals surface area contributed by atoms with Gasteiger partial charge in [0.15, 0.2) is 0 Å². The summed E-state index contributed by atoms with van der Waals surface area (Å²) in [6.07, 6.45) is 2.22. The first-order valence-electron chi connectivity index (χ1n) is 6.31. The summed E-state index contributed by atoms with van der Waals surface area (Å²) in [4.78, 5) is 13.7. The summed E-state index contributed by atoms with van der Waals surface area (Å²) < 4.78 is 0. The number of benzene rings is 1. The largest absolute Gasteiger partial charge is 0.392 e. The van der Waals surface area contributed by atoms with E-state index in [9.17, 15) is 4.79 Å². The zero-order valence-corrected chi connectivity index (χ0v) is 10.9. The number of likely N-dealkylation sites (N-methyl/N-ethyl adjacent to an activating group) is 1. The van der Waals surface area contributed by atoms with E-state index in [2.05, 4.69) is 5.32 Å². The van der Waals surface area contributed by atoms with Gasteiger partial charge in [0.05, 0.1) is 13.2 Å². The molecule has 0 atom stereocenters. The molecule has 2 rings (SSSR count). The third kappa shape index (κ3) is 3.23. The number of amides is 1. The molecule has 1 fully saturated rings. The van der Waals surface area contributed by atoms with Crippen molar-refractivity contribution in [1.82, 2.24) is 5.32 Å². The lowest BCUT2D eigenvalue weighted by Crippen LogP contribution is -2.36. The van der Waals surface area contributed by atoms with Crippen molar-refractivity contribution in [1.29, 1.82) is 0 Å². The van der Waals surface area contributed by atoms with Crippen molar-refractivity contribution >= 4 is 11.6 Å². The smallest absolute Gasteiger partial charge is 0.239 e. The van der Waals surface area contributed by atoms with Crippen molar-refractivity contribution in [2.24, 2.45) is 0 Å². The molecule has 98 valence electrons. The van der Waals surface area contributed by atoms with Gasteiger partial charge in [0.2, 0.25) is 5.91 Å². The number of aliphatic hydroxyl groups is 1. The summed E-state index contributed by atoms with van der Waals surface area (Å²) in [5, 5.41) is 12.0. The van der Waals surface area contributed by atoms with Crippen molar-refractivity contribution in [3.05, 3.63) is 29.3 Å². The van der Waals surface area contributed by atoms with Crippen LogP contribution in [0.15, 0.2) is 18.2 Å². The lowest BCUT2D eigenvalue weighted by atomic mass is 10.1. The third-order valence-corrected chi connectivity index (χ3v) is 3.18. The van der Waals surface area contributed by atoms with Gasteiger partial charge >= 0.3 is 0 Å². The molecule has 0 unspecified atom stereocenters. The topological polar surface area (TPSA) is 52.6 Å². The summed E-state index contributed by atoms with van der Waals surface area (Å²) in [5.41, 5.74) is 2.99. The molecule has 0 saturated heterocycles. The fraction of sp³-hybridized carbons (Fsp3) is 0.500. The molecular formula is C14H20N2O2. The Labute approximate surface area is 108 Å². The lowest BCUT2D eigenvalue weighted by molar-refractivity contribution is -0.119. The van der Waals surface area contributed by atoms with Crippen LogP contribution < -0.4 is 10.2 Å². The molecule has 1 aliphatic rings. The molecule has 0 heterocycles. The van der Waals surface area contributed by atoms with Crippen LogP contribution in [0.4, 0.5) is 5.69 Å². The minimum absolute atomic E-state index is 0.0486. The van der Waals surface area contributed by atoms with Crippen LogP contribution in [0.3, 0.4) is 0 Å². The third-order valence-electron chi connectivity index (χ3n) is 3.18. The molecule has 1 aliphatic carbocycles.